The number of aromatic nitrogens is 2. The number of anilines is 1. The van der Waals surface area contributed by atoms with Crippen molar-refractivity contribution in [3.63, 3.8) is 0 Å². The zero-order valence-electron chi connectivity index (χ0n) is 12.4. The van der Waals surface area contributed by atoms with Crippen LogP contribution in [0.4, 0.5) is 5.69 Å². The molecule has 112 valence electrons. The first-order valence-electron chi connectivity index (χ1n) is 7.26. The Hall–Kier alpha value is -1.07. The van der Waals surface area contributed by atoms with E-state index in [-0.39, 0.29) is 16.6 Å². The van der Waals surface area contributed by atoms with E-state index in [1.54, 1.807) is 6.20 Å². The number of likely N-dealkylation sites (tertiary alicyclic amines) is 1. The molecule has 1 fully saturated rings. The summed E-state index contributed by atoms with van der Waals surface area (Å²) in [6.45, 7) is 9.09. The van der Waals surface area contributed by atoms with Gasteiger partial charge in [0.15, 0.2) is 0 Å². The highest BCUT2D eigenvalue weighted by molar-refractivity contribution is 6.32. The van der Waals surface area contributed by atoms with Crippen LogP contribution in [0, 0.1) is 0 Å². The van der Waals surface area contributed by atoms with Gasteiger partial charge in [-0.1, -0.05) is 11.6 Å². The predicted octanol–water partition coefficient (Wildman–Crippen LogP) is 2.37. The first kappa shape index (κ1) is 15.3. The molecule has 5 nitrogen and oxygen atoms in total. The van der Waals surface area contributed by atoms with Gasteiger partial charge in [0.2, 0.25) is 0 Å². The minimum absolute atomic E-state index is 0.0116. The van der Waals surface area contributed by atoms with Gasteiger partial charge in [-0.15, -0.1) is 0 Å². The first-order valence-corrected chi connectivity index (χ1v) is 7.63. The average Bonchev–Trinajstić information content (AvgIpc) is 2.93. The van der Waals surface area contributed by atoms with Gasteiger partial charge in [-0.25, -0.2) is 4.68 Å². The van der Waals surface area contributed by atoms with E-state index in [0.717, 1.165) is 19.6 Å². The molecule has 1 aliphatic rings. The number of hydrogen-bond donors (Lipinski definition) is 1. The molecule has 6 heteroatoms. The molecule has 0 aliphatic carbocycles. The Bertz CT molecular complexity index is 508. The molecule has 0 saturated carbocycles. The number of nitrogens with one attached hydrogen (secondary N) is 1. The summed E-state index contributed by atoms with van der Waals surface area (Å²) in [5.74, 6) is 0. The van der Waals surface area contributed by atoms with Crippen molar-refractivity contribution in [1.82, 2.24) is 14.7 Å². The molecule has 0 aromatic carbocycles. The van der Waals surface area contributed by atoms with E-state index in [2.05, 4.69) is 22.2 Å². The molecule has 0 amide bonds. The van der Waals surface area contributed by atoms with Crippen molar-refractivity contribution in [3.8, 4) is 0 Å². The van der Waals surface area contributed by atoms with Gasteiger partial charge in [0.1, 0.15) is 5.02 Å². The smallest absolute Gasteiger partial charge is 0.287 e. The summed E-state index contributed by atoms with van der Waals surface area (Å²) in [4.78, 5) is 14.5. The Labute approximate surface area is 124 Å². The fourth-order valence-corrected chi connectivity index (χ4v) is 2.71. The van der Waals surface area contributed by atoms with Gasteiger partial charge in [0.05, 0.1) is 17.9 Å². The molecule has 0 spiro atoms. The molecule has 1 aromatic heterocycles. The van der Waals surface area contributed by atoms with Crippen molar-refractivity contribution >= 4 is 17.3 Å². The number of rotatable bonds is 5. The van der Waals surface area contributed by atoms with Crippen LogP contribution in [-0.2, 0) is 0 Å². The lowest BCUT2D eigenvalue weighted by Crippen LogP contribution is -2.36. The van der Waals surface area contributed by atoms with E-state index >= 15 is 0 Å². The summed E-state index contributed by atoms with van der Waals surface area (Å²) in [6.07, 6.45) is 4.19. The van der Waals surface area contributed by atoms with E-state index in [0.29, 0.717) is 11.7 Å². The van der Waals surface area contributed by atoms with Crippen LogP contribution in [0.5, 0.6) is 0 Å². The lowest BCUT2D eigenvalue weighted by Gasteiger charge is -2.24. The lowest BCUT2D eigenvalue weighted by molar-refractivity contribution is 0.269. The Morgan fingerprint density at radius 1 is 1.35 bits per heavy atom. The number of nitrogens with zero attached hydrogens (tertiary/aromatic N) is 3. The summed E-state index contributed by atoms with van der Waals surface area (Å²) >= 11 is 6.14. The molecule has 20 heavy (non-hydrogen) atoms. The van der Waals surface area contributed by atoms with Gasteiger partial charge in [0, 0.05) is 12.6 Å². The van der Waals surface area contributed by atoms with E-state index in [9.17, 15) is 4.79 Å². The van der Waals surface area contributed by atoms with Gasteiger partial charge in [-0.3, -0.25) is 9.69 Å². The maximum Gasteiger partial charge on any atom is 0.287 e. The number of hydrogen-bond acceptors (Lipinski definition) is 4. The van der Waals surface area contributed by atoms with Crippen LogP contribution in [0.25, 0.3) is 0 Å². The highest BCUT2D eigenvalue weighted by atomic mass is 35.5. The highest BCUT2D eigenvalue weighted by Crippen LogP contribution is 2.17. The molecule has 1 unspecified atom stereocenters. The van der Waals surface area contributed by atoms with Gasteiger partial charge in [-0.2, -0.15) is 5.10 Å². The quantitative estimate of drug-likeness (QED) is 0.907. The van der Waals surface area contributed by atoms with Crippen LogP contribution in [-0.4, -0.2) is 40.4 Å². The van der Waals surface area contributed by atoms with Crippen molar-refractivity contribution in [3.05, 3.63) is 21.6 Å². The van der Waals surface area contributed by atoms with Crippen LogP contribution >= 0.6 is 11.6 Å². The SMILES string of the molecule is CC(CNc1cnn(C(C)C)c(=O)c1Cl)N1CCCC1. The zero-order valence-corrected chi connectivity index (χ0v) is 13.2. The lowest BCUT2D eigenvalue weighted by atomic mass is 10.3. The van der Waals surface area contributed by atoms with Crippen molar-refractivity contribution in [2.24, 2.45) is 0 Å². The zero-order chi connectivity index (χ0) is 14.7. The Morgan fingerprint density at radius 2 is 2.00 bits per heavy atom. The largest absolute Gasteiger partial charge is 0.381 e. The van der Waals surface area contributed by atoms with Crippen LogP contribution in [0.1, 0.15) is 39.7 Å². The van der Waals surface area contributed by atoms with Crippen LogP contribution in [0.15, 0.2) is 11.0 Å². The van der Waals surface area contributed by atoms with Crippen molar-refractivity contribution < 1.29 is 0 Å². The molecule has 1 saturated heterocycles. The standard InChI is InChI=1S/C14H23ClN4O/c1-10(2)19-14(20)13(15)12(9-17-19)16-8-11(3)18-6-4-5-7-18/h9-11,16H,4-8H2,1-3H3. The van der Waals surface area contributed by atoms with E-state index in [1.807, 2.05) is 13.8 Å². The summed E-state index contributed by atoms with van der Waals surface area (Å²) in [5, 5.41) is 7.63. The Kier molecular flexibility index (Phi) is 5.05. The molecule has 1 N–H and O–H groups in total. The summed E-state index contributed by atoms with van der Waals surface area (Å²) in [7, 11) is 0. The molecule has 2 heterocycles. The average molecular weight is 299 g/mol. The van der Waals surface area contributed by atoms with Gasteiger partial charge >= 0.3 is 0 Å². The minimum Gasteiger partial charge on any atom is -0.381 e. The maximum atomic E-state index is 12.1. The topological polar surface area (TPSA) is 50.2 Å². The molecule has 0 radical (unpaired) electrons. The van der Waals surface area contributed by atoms with E-state index < -0.39 is 0 Å². The van der Waals surface area contributed by atoms with Crippen LogP contribution in [0.2, 0.25) is 5.02 Å². The third-order valence-electron chi connectivity index (χ3n) is 3.78. The fourth-order valence-electron chi connectivity index (χ4n) is 2.51. The van der Waals surface area contributed by atoms with Crippen molar-refractivity contribution in [2.75, 3.05) is 25.0 Å². The third kappa shape index (κ3) is 3.33. The third-order valence-corrected chi connectivity index (χ3v) is 4.15. The first-order chi connectivity index (χ1) is 9.50. The molecule has 0 bridgehead atoms. The summed E-state index contributed by atoms with van der Waals surface area (Å²) in [5.41, 5.74) is 0.389. The van der Waals surface area contributed by atoms with Gasteiger partial charge < -0.3 is 5.32 Å². The normalized spacial score (nSPS) is 17.6. The van der Waals surface area contributed by atoms with Crippen LogP contribution in [0.3, 0.4) is 0 Å². The summed E-state index contributed by atoms with van der Waals surface area (Å²) < 4.78 is 1.40. The monoisotopic (exact) mass is 298 g/mol. The fraction of sp³-hybridized carbons (Fsp3) is 0.714. The molecular formula is C14H23ClN4O. The van der Waals surface area contributed by atoms with Gasteiger partial charge in [0.25, 0.3) is 5.56 Å². The minimum atomic E-state index is -0.236. The second kappa shape index (κ2) is 6.59. The second-order valence-corrected chi connectivity index (χ2v) is 6.07. The van der Waals surface area contributed by atoms with Crippen LogP contribution < -0.4 is 10.9 Å². The predicted molar refractivity (Wildman–Crippen MR) is 82.7 cm³/mol. The molecular weight excluding hydrogens is 276 g/mol. The summed E-state index contributed by atoms with van der Waals surface area (Å²) in [6, 6.07) is 0.443. The van der Waals surface area contributed by atoms with Crippen molar-refractivity contribution in [2.45, 2.75) is 45.7 Å². The number of halogens is 1. The Balaban J connectivity index is 2.03. The highest BCUT2D eigenvalue weighted by Gasteiger charge is 2.18. The molecule has 2 rings (SSSR count). The second-order valence-electron chi connectivity index (χ2n) is 5.69. The maximum absolute atomic E-state index is 12.1. The van der Waals surface area contributed by atoms with E-state index in [4.69, 9.17) is 11.6 Å². The van der Waals surface area contributed by atoms with Crippen molar-refractivity contribution in [1.29, 1.82) is 0 Å². The Morgan fingerprint density at radius 3 is 2.60 bits per heavy atom. The molecule has 1 atom stereocenters. The van der Waals surface area contributed by atoms with Gasteiger partial charge in [-0.05, 0) is 46.7 Å². The van der Waals surface area contributed by atoms with E-state index in [1.165, 1.54) is 17.5 Å². The molecule has 1 aliphatic heterocycles. The molecule has 1 aromatic rings.